The Kier molecular flexibility index (Phi) is 4.09. The van der Waals surface area contributed by atoms with E-state index < -0.39 is 5.97 Å². The molecule has 0 unspecified atom stereocenters. The maximum Gasteiger partial charge on any atom is 0.335 e. The van der Waals surface area contributed by atoms with Crippen molar-refractivity contribution in [3.8, 4) is 12.3 Å². The number of anilines is 1. The van der Waals surface area contributed by atoms with Crippen LogP contribution in [0.25, 0.3) is 0 Å². The summed E-state index contributed by atoms with van der Waals surface area (Å²) in [5, 5.41) is 11.3. The van der Waals surface area contributed by atoms with E-state index in [1.54, 1.807) is 6.07 Å². The molecule has 1 amide bonds. The number of carboxylic acids is 1. The summed E-state index contributed by atoms with van der Waals surface area (Å²) in [5.41, 5.74) is 0.484. The smallest absolute Gasteiger partial charge is 0.335 e. The van der Waals surface area contributed by atoms with Gasteiger partial charge in [0, 0.05) is 10.2 Å². The van der Waals surface area contributed by atoms with Gasteiger partial charge in [0.1, 0.15) is 0 Å². The number of nitrogens with one attached hydrogen (secondary N) is 1. The second kappa shape index (κ2) is 5.33. The summed E-state index contributed by atoms with van der Waals surface area (Å²) in [4.78, 5) is 21.9. The molecule has 0 radical (unpaired) electrons. The van der Waals surface area contributed by atoms with Gasteiger partial charge in [0.25, 0.3) is 0 Å². The van der Waals surface area contributed by atoms with E-state index in [9.17, 15) is 9.59 Å². The first kappa shape index (κ1) is 12.3. The molecular weight excluding hydrogens is 274 g/mol. The van der Waals surface area contributed by atoms with Crippen LogP contribution in [0.5, 0.6) is 0 Å². The maximum absolute atomic E-state index is 11.2. The molecule has 0 aromatic heterocycles. The average molecular weight is 282 g/mol. The third-order valence-electron chi connectivity index (χ3n) is 1.69. The van der Waals surface area contributed by atoms with Gasteiger partial charge in [-0.05, 0) is 18.2 Å². The molecule has 4 nitrogen and oxygen atoms in total. The molecule has 0 fully saturated rings. The summed E-state index contributed by atoms with van der Waals surface area (Å²) < 4.78 is 0.573. The lowest BCUT2D eigenvalue weighted by Crippen LogP contribution is -2.10. The van der Waals surface area contributed by atoms with Crippen LogP contribution < -0.4 is 5.32 Å². The van der Waals surface area contributed by atoms with E-state index in [4.69, 9.17) is 11.5 Å². The number of hydrogen-bond donors (Lipinski definition) is 2. The van der Waals surface area contributed by atoms with E-state index in [2.05, 4.69) is 27.2 Å². The average Bonchev–Trinajstić information content (AvgIpc) is 2.16. The van der Waals surface area contributed by atoms with E-state index in [1.807, 2.05) is 0 Å². The number of terminal acetylenes is 1. The molecule has 0 spiro atoms. The number of aromatic carboxylic acids is 1. The van der Waals surface area contributed by atoms with Gasteiger partial charge in [-0.25, -0.2) is 4.79 Å². The Labute approximate surface area is 101 Å². The fourth-order valence-corrected chi connectivity index (χ4v) is 1.58. The van der Waals surface area contributed by atoms with Crippen molar-refractivity contribution < 1.29 is 14.7 Å². The molecule has 1 aromatic carbocycles. The number of hydrogen-bond acceptors (Lipinski definition) is 2. The largest absolute Gasteiger partial charge is 0.478 e. The highest BCUT2D eigenvalue weighted by molar-refractivity contribution is 9.10. The van der Waals surface area contributed by atoms with Gasteiger partial charge >= 0.3 is 5.97 Å². The standard InChI is InChI=1S/C11H8BrNO3/c1-2-3-10(14)13-9-5-7(11(15)16)4-8(12)6-9/h1,4-6H,3H2,(H,13,14)(H,15,16). The molecule has 1 rings (SSSR count). The number of carbonyl (C=O) groups excluding carboxylic acids is 1. The third-order valence-corrected chi connectivity index (χ3v) is 2.15. The van der Waals surface area contributed by atoms with Crippen LogP contribution in [-0.2, 0) is 4.79 Å². The first-order valence-corrected chi connectivity index (χ1v) is 5.09. The molecule has 16 heavy (non-hydrogen) atoms. The summed E-state index contributed by atoms with van der Waals surface area (Å²) in [6, 6.07) is 4.40. The van der Waals surface area contributed by atoms with Crippen molar-refractivity contribution in [1.82, 2.24) is 0 Å². The number of carbonyl (C=O) groups is 2. The maximum atomic E-state index is 11.2. The van der Waals surface area contributed by atoms with Crippen molar-refractivity contribution in [2.75, 3.05) is 5.32 Å². The van der Waals surface area contributed by atoms with E-state index >= 15 is 0 Å². The van der Waals surface area contributed by atoms with Crippen molar-refractivity contribution in [3.05, 3.63) is 28.2 Å². The Balaban J connectivity index is 2.93. The van der Waals surface area contributed by atoms with Crippen LogP contribution in [0.1, 0.15) is 16.8 Å². The molecule has 2 N–H and O–H groups in total. The molecule has 0 aliphatic carbocycles. The van der Waals surface area contributed by atoms with Gasteiger partial charge in [-0.3, -0.25) is 4.79 Å². The zero-order valence-corrected chi connectivity index (χ0v) is 9.74. The Morgan fingerprint density at radius 3 is 2.69 bits per heavy atom. The zero-order chi connectivity index (χ0) is 12.1. The molecule has 82 valence electrons. The van der Waals surface area contributed by atoms with Crippen molar-refractivity contribution in [3.63, 3.8) is 0 Å². The fraction of sp³-hybridized carbons (Fsp3) is 0.0909. The molecular formula is C11H8BrNO3. The van der Waals surface area contributed by atoms with Crippen LogP contribution in [0.3, 0.4) is 0 Å². The molecule has 0 heterocycles. The predicted molar refractivity (Wildman–Crippen MR) is 63.2 cm³/mol. The molecule has 5 heteroatoms. The lowest BCUT2D eigenvalue weighted by molar-refractivity contribution is -0.115. The SMILES string of the molecule is C#CCC(=O)Nc1cc(Br)cc(C(=O)O)c1. The third kappa shape index (κ3) is 3.41. The lowest BCUT2D eigenvalue weighted by Gasteiger charge is -2.05. The van der Waals surface area contributed by atoms with Crippen molar-refractivity contribution in [2.45, 2.75) is 6.42 Å². The zero-order valence-electron chi connectivity index (χ0n) is 8.16. The fourth-order valence-electron chi connectivity index (χ4n) is 1.08. The predicted octanol–water partition coefficient (Wildman–Crippen LogP) is 2.11. The number of amides is 1. The van der Waals surface area contributed by atoms with Crippen LogP contribution in [-0.4, -0.2) is 17.0 Å². The van der Waals surface area contributed by atoms with Gasteiger partial charge in [-0.2, -0.15) is 0 Å². The molecule has 0 saturated carbocycles. The second-order valence-electron chi connectivity index (χ2n) is 2.96. The molecule has 1 aromatic rings. The summed E-state index contributed by atoms with van der Waals surface area (Å²) in [7, 11) is 0. The van der Waals surface area contributed by atoms with Crippen molar-refractivity contribution in [1.29, 1.82) is 0 Å². The van der Waals surface area contributed by atoms with Gasteiger partial charge in [0.2, 0.25) is 5.91 Å². The van der Waals surface area contributed by atoms with Crippen LogP contribution in [0.4, 0.5) is 5.69 Å². The van der Waals surface area contributed by atoms with Gasteiger partial charge in [0.05, 0.1) is 12.0 Å². The Morgan fingerprint density at radius 1 is 1.44 bits per heavy atom. The Hall–Kier alpha value is -1.80. The van der Waals surface area contributed by atoms with Crippen molar-refractivity contribution in [2.24, 2.45) is 0 Å². The van der Waals surface area contributed by atoms with Crippen LogP contribution in [0.2, 0.25) is 0 Å². The molecule has 0 saturated heterocycles. The highest BCUT2D eigenvalue weighted by Crippen LogP contribution is 2.19. The van der Waals surface area contributed by atoms with Crippen LogP contribution in [0.15, 0.2) is 22.7 Å². The highest BCUT2D eigenvalue weighted by Gasteiger charge is 2.07. The van der Waals surface area contributed by atoms with E-state index in [0.717, 1.165) is 0 Å². The molecule has 0 aliphatic heterocycles. The first-order chi connectivity index (χ1) is 7.52. The summed E-state index contributed by atoms with van der Waals surface area (Å²) in [6.07, 6.45) is 4.93. The molecule has 0 atom stereocenters. The quantitative estimate of drug-likeness (QED) is 0.834. The molecule has 0 aliphatic rings. The molecule has 0 bridgehead atoms. The Morgan fingerprint density at radius 2 is 2.12 bits per heavy atom. The summed E-state index contributed by atoms with van der Waals surface area (Å²) in [6.45, 7) is 0. The number of rotatable bonds is 3. The highest BCUT2D eigenvalue weighted by atomic mass is 79.9. The second-order valence-corrected chi connectivity index (χ2v) is 3.88. The lowest BCUT2D eigenvalue weighted by atomic mass is 10.2. The Bertz CT molecular complexity index is 477. The monoisotopic (exact) mass is 281 g/mol. The summed E-state index contributed by atoms with van der Waals surface area (Å²) >= 11 is 3.16. The van der Waals surface area contributed by atoms with E-state index in [0.29, 0.717) is 10.2 Å². The van der Waals surface area contributed by atoms with Gasteiger partial charge in [-0.1, -0.05) is 21.9 Å². The van der Waals surface area contributed by atoms with Gasteiger partial charge in [-0.15, -0.1) is 6.42 Å². The van der Waals surface area contributed by atoms with Crippen LogP contribution >= 0.6 is 15.9 Å². The van der Waals surface area contributed by atoms with Gasteiger partial charge in [0.15, 0.2) is 0 Å². The minimum Gasteiger partial charge on any atom is -0.478 e. The van der Waals surface area contributed by atoms with Crippen LogP contribution in [0, 0.1) is 12.3 Å². The first-order valence-electron chi connectivity index (χ1n) is 4.30. The minimum absolute atomic E-state index is 0.0467. The number of carboxylic acid groups (broad SMARTS) is 1. The van der Waals surface area contributed by atoms with E-state index in [-0.39, 0.29) is 17.9 Å². The van der Waals surface area contributed by atoms with Gasteiger partial charge < -0.3 is 10.4 Å². The van der Waals surface area contributed by atoms with Crippen molar-refractivity contribution >= 4 is 33.5 Å². The minimum atomic E-state index is -1.06. The number of benzene rings is 1. The number of halogens is 1. The topological polar surface area (TPSA) is 66.4 Å². The summed E-state index contributed by atoms with van der Waals surface area (Å²) in [5.74, 6) is 0.788. The normalized spacial score (nSPS) is 9.25. The van der Waals surface area contributed by atoms with E-state index in [1.165, 1.54) is 12.1 Å².